The van der Waals surface area contributed by atoms with Gasteiger partial charge < -0.3 is 5.32 Å². The fourth-order valence-corrected chi connectivity index (χ4v) is 2.76. The van der Waals surface area contributed by atoms with E-state index in [1.807, 2.05) is 4.68 Å². The zero-order valence-corrected chi connectivity index (χ0v) is 14.1. The molecule has 6 heteroatoms. The summed E-state index contributed by atoms with van der Waals surface area (Å²) in [6, 6.07) is 2.90. The molecule has 0 aliphatic carbocycles. The zero-order chi connectivity index (χ0) is 15.4. The van der Waals surface area contributed by atoms with Gasteiger partial charge in [0.25, 0.3) is 0 Å². The van der Waals surface area contributed by atoms with Crippen molar-refractivity contribution < 1.29 is 4.39 Å². The summed E-state index contributed by atoms with van der Waals surface area (Å²) in [6.45, 7) is 6.95. The van der Waals surface area contributed by atoms with Crippen molar-refractivity contribution in [2.24, 2.45) is 0 Å². The first kappa shape index (κ1) is 16.1. The summed E-state index contributed by atoms with van der Waals surface area (Å²) in [5, 5.41) is 7.75. The van der Waals surface area contributed by atoms with Gasteiger partial charge >= 0.3 is 0 Å². The van der Waals surface area contributed by atoms with Crippen molar-refractivity contribution in [3.05, 3.63) is 46.2 Å². The fraction of sp³-hybridized carbons (Fsp3) is 0.467. The van der Waals surface area contributed by atoms with Crippen LogP contribution < -0.4 is 5.32 Å². The van der Waals surface area contributed by atoms with Gasteiger partial charge in [0.1, 0.15) is 5.82 Å². The molecule has 2 aromatic rings. The second kappa shape index (κ2) is 7.13. The lowest BCUT2D eigenvalue weighted by Crippen LogP contribution is -2.28. The predicted octanol–water partition coefficient (Wildman–Crippen LogP) is 3.85. The maximum atomic E-state index is 14.2. The highest BCUT2D eigenvalue weighted by atomic mass is 79.9. The number of aromatic nitrogens is 3. The van der Waals surface area contributed by atoms with Gasteiger partial charge in [-0.2, -0.15) is 5.10 Å². The minimum Gasteiger partial charge on any atom is -0.304 e. The lowest BCUT2D eigenvalue weighted by Gasteiger charge is -2.22. The van der Waals surface area contributed by atoms with Gasteiger partial charge in [0.2, 0.25) is 0 Å². The standard InChI is InChI=1S/C15H20BrFN4/c1-4-7-18-14(13-12(17)6-5-8-19-13)15-11(16)9-20-21(15)10(2)3/h5-6,8-10,14,18H,4,7H2,1-3H3. The van der Waals surface area contributed by atoms with Crippen LogP contribution in [0.4, 0.5) is 4.39 Å². The van der Waals surface area contributed by atoms with Crippen LogP contribution in [0.1, 0.15) is 50.7 Å². The molecule has 0 aliphatic rings. The largest absolute Gasteiger partial charge is 0.304 e. The summed E-state index contributed by atoms with van der Waals surface area (Å²) >= 11 is 3.53. The third-order valence-electron chi connectivity index (χ3n) is 3.21. The van der Waals surface area contributed by atoms with Crippen LogP contribution in [0.3, 0.4) is 0 Å². The number of hydrogen-bond donors (Lipinski definition) is 1. The van der Waals surface area contributed by atoms with Crippen LogP contribution >= 0.6 is 15.9 Å². The molecule has 4 nitrogen and oxygen atoms in total. The Kier molecular flexibility index (Phi) is 5.47. The van der Waals surface area contributed by atoms with Crippen LogP contribution in [0.5, 0.6) is 0 Å². The third-order valence-corrected chi connectivity index (χ3v) is 3.82. The van der Waals surface area contributed by atoms with E-state index in [1.54, 1.807) is 18.5 Å². The normalized spacial score (nSPS) is 12.9. The van der Waals surface area contributed by atoms with Gasteiger partial charge in [0, 0.05) is 12.2 Å². The molecule has 0 radical (unpaired) electrons. The number of halogens is 2. The van der Waals surface area contributed by atoms with E-state index < -0.39 is 0 Å². The van der Waals surface area contributed by atoms with Crippen LogP contribution in [0.15, 0.2) is 29.0 Å². The maximum absolute atomic E-state index is 14.2. The van der Waals surface area contributed by atoms with E-state index in [4.69, 9.17) is 0 Å². The molecule has 0 bridgehead atoms. The number of nitrogens with zero attached hydrogens (tertiary/aromatic N) is 3. The minimum absolute atomic E-state index is 0.184. The Morgan fingerprint density at radius 1 is 1.43 bits per heavy atom. The number of rotatable bonds is 6. The molecular weight excluding hydrogens is 335 g/mol. The predicted molar refractivity (Wildman–Crippen MR) is 84.6 cm³/mol. The molecule has 1 N–H and O–H groups in total. The van der Waals surface area contributed by atoms with Crippen LogP contribution in [0, 0.1) is 5.82 Å². The summed E-state index contributed by atoms with van der Waals surface area (Å²) in [5.41, 5.74) is 1.30. The van der Waals surface area contributed by atoms with E-state index >= 15 is 0 Å². The minimum atomic E-state index is -0.328. The topological polar surface area (TPSA) is 42.7 Å². The lowest BCUT2D eigenvalue weighted by atomic mass is 10.1. The molecule has 2 rings (SSSR count). The summed E-state index contributed by atoms with van der Waals surface area (Å²) in [7, 11) is 0. The summed E-state index contributed by atoms with van der Waals surface area (Å²) in [6.07, 6.45) is 4.32. The molecule has 0 spiro atoms. The van der Waals surface area contributed by atoms with Crippen molar-refractivity contribution in [1.82, 2.24) is 20.1 Å². The summed E-state index contributed by atoms with van der Waals surface area (Å²) in [4.78, 5) is 4.23. The van der Waals surface area contributed by atoms with Gasteiger partial charge in [0.15, 0.2) is 0 Å². The molecule has 0 amide bonds. The van der Waals surface area contributed by atoms with E-state index in [-0.39, 0.29) is 17.9 Å². The average Bonchev–Trinajstić information content (AvgIpc) is 2.83. The van der Waals surface area contributed by atoms with Crippen molar-refractivity contribution in [3.63, 3.8) is 0 Å². The van der Waals surface area contributed by atoms with Crippen LogP contribution in [-0.4, -0.2) is 21.3 Å². The highest BCUT2D eigenvalue weighted by Gasteiger charge is 2.26. The molecule has 21 heavy (non-hydrogen) atoms. The highest BCUT2D eigenvalue weighted by molar-refractivity contribution is 9.10. The molecule has 1 unspecified atom stereocenters. The Labute approximate surface area is 132 Å². The summed E-state index contributed by atoms with van der Waals surface area (Å²) in [5.74, 6) is -0.311. The van der Waals surface area contributed by atoms with E-state index in [2.05, 4.69) is 52.1 Å². The van der Waals surface area contributed by atoms with Crippen LogP contribution in [0.25, 0.3) is 0 Å². The van der Waals surface area contributed by atoms with Crippen molar-refractivity contribution in [2.75, 3.05) is 6.54 Å². The van der Waals surface area contributed by atoms with E-state index in [0.29, 0.717) is 5.69 Å². The molecule has 0 fully saturated rings. The number of hydrogen-bond acceptors (Lipinski definition) is 3. The van der Waals surface area contributed by atoms with Gasteiger partial charge in [0.05, 0.1) is 28.1 Å². The molecule has 1 atom stereocenters. The molecular formula is C15H20BrFN4. The Morgan fingerprint density at radius 2 is 2.19 bits per heavy atom. The Morgan fingerprint density at radius 3 is 2.81 bits per heavy atom. The van der Waals surface area contributed by atoms with Gasteiger partial charge in [-0.1, -0.05) is 6.92 Å². The first-order valence-electron chi connectivity index (χ1n) is 7.13. The average molecular weight is 355 g/mol. The van der Waals surface area contributed by atoms with Crippen molar-refractivity contribution >= 4 is 15.9 Å². The Hall–Kier alpha value is -1.27. The van der Waals surface area contributed by atoms with Gasteiger partial charge in [-0.05, 0) is 54.9 Å². The van der Waals surface area contributed by atoms with Crippen molar-refractivity contribution in [3.8, 4) is 0 Å². The SMILES string of the molecule is CCCNC(c1ncccc1F)c1c(Br)cnn1C(C)C. The van der Waals surface area contributed by atoms with E-state index in [0.717, 1.165) is 23.1 Å². The second-order valence-corrected chi connectivity index (χ2v) is 6.03. The molecule has 0 saturated heterocycles. The van der Waals surface area contributed by atoms with E-state index in [9.17, 15) is 4.39 Å². The van der Waals surface area contributed by atoms with Crippen LogP contribution in [0.2, 0.25) is 0 Å². The molecule has 0 aliphatic heterocycles. The fourth-order valence-electron chi connectivity index (χ4n) is 2.25. The van der Waals surface area contributed by atoms with Crippen molar-refractivity contribution in [1.29, 1.82) is 0 Å². The summed E-state index contributed by atoms with van der Waals surface area (Å²) < 4.78 is 16.9. The number of pyridine rings is 1. The maximum Gasteiger partial charge on any atom is 0.146 e. The second-order valence-electron chi connectivity index (χ2n) is 5.17. The molecule has 2 aromatic heterocycles. The first-order valence-corrected chi connectivity index (χ1v) is 7.92. The Bertz CT molecular complexity index is 597. The molecule has 2 heterocycles. The number of nitrogens with one attached hydrogen (secondary N) is 1. The van der Waals surface area contributed by atoms with Crippen molar-refractivity contribution in [2.45, 2.75) is 39.3 Å². The first-order chi connectivity index (χ1) is 10.1. The van der Waals surface area contributed by atoms with Gasteiger partial charge in [-0.25, -0.2) is 4.39 Å². The molecule has 0 saturated carbocycles. The van der Waals surface area contributed by atoms with Gasteiger partial charge in [-0.3, -0.25) is 9.67 Å². The molecule has 114 valence electrons. The zero-order valence-electron chi connectivity index (χ0n) is 12.5. The van der Waals surface area contributed by atoms with Crippen LogP contribution in [-0.2, 0) is 0 Å². The van der Waals surface area contributed by atoms with Gasteiger partial charge in [-0.15, -0.1) is 0 Å². The monoisotopic (exact) mass is 354 g/mol. The third kappa shape index (κ3) is 3.49. The highest BCUT2D eigenvalue weighted by Crippen LogP contribution is 2.30. The lowest BCUT2D eigenvalue weighted by molar-refractivity contribution is 0.455. The molecule has 0 aromatic carbocycles. The smallest absolute Gasteiger partial charge is 0.146 e. The quantitative estimate of drug-likeness (QED) is 0.856. The van der Waals surface area contributed by atoms with E-state index in [1.165, 1.54) is 6.07 Å². The Balaban J connectivity index is 2.51.